The summed E-state index contributed by atoms with van der Waals surface area (Å²) >= 11 is 11.7. The van der Waals surface area contributed by atoms with E-state index in [1.807, 2.05) is 0 Å². The summed E-state index contributed by atoms with van der Waals surface area (Å²) in [5.74, 6) is 0. The molecule has 1 N–H and O–H groups in total. The van der Waals surface area contributed by atoms with E-state index in [2.05, 4.69) is 5.16 Å². The number of halogens is 5. The Morgan fingerprint density at radius 1 is 1.11 bits per heavy atom. The van der Waals surface area contributed by atoms with Gasteiger partial charge in [0.1, 0.15) is 6.10 Å². The Bertz CT molecular complexity index is 978. The Morgan fingerprint density at radius 3 is 2.25 bits per heavy atom. The maximum absolute atomic E-state index is 12.7. The second-order valence-corrected chi connectivity index (χ2v) is 8.26. The number of hydrogen-bond donors (Lipinski definition) is 1. The minimum Gasteiger partial charge on any atom is -0.388 e. The van der Waals surface area contributed by atoms with Gasteiger partial charge in [-0.1, -0.05) is 40.5 Å². The minimum atomic E-state index is -5.60. The Balaban J connectivity index is 2.29. The number of benzene rings is 2. The van der Waals surface area contributed by atoms with E-state index in [-0.39, 0.29) is 22.0 Å². The number of anilines is 1. The van der Waals surface area contributed by atoms with Crippen molar-refractivity contribution in [3.8, 4) is 0 Å². The number of nitrogens with one attached hydrogen (secondary N) is 1. The van der Waals surface area contributed by atoms with Crippen LogP contribution in [0.15, 0.2) is 47.6 Å². The lowest BCUT2D eigenvalue weighted by Crippen LogP contribution is -2.30. The Hall–Kier alpha value is -1.97. The van der Waals surface area contributed by atoms with Crippen LogP contribution in [0.1, 0.15) is 31.1 Å². The molecule has 5 nitrogen and oxygen atoms in total. The van der Waals surface area contributed by atoms with Gasteiger partial charge in [0.25, 0.3) is 0 Å². The molecule has 0 saturated carbocycles. The number of nitrogens with zero attached hydrogens (tertiary/aromatic N) is 1. The van der Waals surface area contributed by atoms with Gasteiger partial charge in [0.15, 0.2) is 0 Å². The second-order valence-electron chi connectivity index (χ2n) is 5.72. The van der Waals surface area contributed by atoms with Gasteiger partial charge in [-0.05, 0) is 49.7 Å². The molecule has 0 aliphatic heterocycles. The van der Waals surface area contributed by atoms with Crippen molar-refractivity contribution in [3.63, 3.8) is 0 Å². The molecule has 0 spiro atoms. The average Bonchev–Trinajstić information content (AvgIpc) is 2.60. The van der Waals surface area contributed by atoms with E-state index in [0.717, 1.165) is 11.6 Å². The summed E-state index contributed by atoms with van der Waals surface area (Å²) in [6.07, 6.45) is -0.485. The molecule has 0 saturated heterocycles. The van der Waals surface area contributed by atoms with Crippen LogP contribution in [0.5, 0.6) is 0 Å². The van der Waals surface area contributed by atoms with Gasteiger partial charge in [0.2, 0.25) is 0 Å². The molecule has 11 heteroatoms. The first-order chi connectivity index (χ1) is 12.9. The fourth-order valence-electron chi connectivity index (χ4n) is 2.11. The highest BCUT2D eigenvalue weighted by Crippen LogP contribution is 2.29. The lowest BCUT2D eigenvalue weighted by molar-refractivity contribution is -0.0429. The topological polar surface area (TPSA) is 67.8 Å². The summed E-state index contributed by atoms with van der Waals surface area (Å²) < 4.78 is 62.3. The van der Waals surface area contributed by atoms with Crippen molar-refractivity contribution >= 4 is 44.6 Å². The molecular weight excluding hydrogens is 440 g/mol. The highest BCUT2D eigenvalue weighted by atomic mass is 35.5. The maximum atomic E-state index is 12.7. The molecule has 0 heterocycles. The van der Waals surface area contributed by atoms with Crippen LogP contribution >= 0.6 is 23.2 Å². The summed E-state index contributed by atoms with van der Waals surface area (Å²) in [5, 5.41) is 4.63. The SMILES string of the molecule is CC(=NOC(C)c1ccc(Cl)cc1)c1cc(Cl)ccc1NS(=O)(=O)C(F)(F)F. The molecular formula is C17H15Cl2F3N2O3S. The molecule has 152 valence electrons. The molecule has 1 atom stereocenters. The van der Waals surface area contributed by atoms with Crippen LogP contribution in [0.4, 0.5) is 18.9 Å². The van der Waals surface area contributed by atoms with Gasteiger partial charge < -0.3 is 4.84 Å². The molecule has 28 heavy (non-hydrogen) atoms. The third-order valence-electron chi connectivity index (χ3n) is 3.61. The van der Waals surface area contributed by atoms with Crippen LogP contribution in [-0.4, -0.2) is 19.6 Å². The molecule has 0 aliphatic rings. The fraction of sp³-hybridized carbons (Fsp3) is 0.235. The number of rotatable bonds is 6. The zero-order valence-corrected chi connectivity index (χ0v) is 16.9. The first kappa shape index (κ1) is 22.3. The smallest absolute Gasteiger partial charge is 0.388 e. The molecule has 2 rings (SSSR count). The van der Waals surface area contributed by atoms with Crippen molar-refractivity contribution in [1.82, 2.24) is 0 Å². The molecule has 0 fully saturated rings. The normalized spacial score (nSPS) is 13.9. The second kappa shape index (κ2) is 8.59. The van der Waals surface area contributed by atoms with Gasteiger partial charge >= 0.3 is 15.5 Å². The van der Waals surface area contributed by atoms with E-state index in [0.29, 0.717) is 5.02 Å². The van der Waals surface area contributed by atoms with Gasteiger partial charge in [-0.15, -0.1) is 0 Å². The van der Waals surface area contributed by atoms with Crippen molar-refractivity contribution in [2.75, 3.05) is 4.72 Å². The summed E-state index contributed by atoms with van der Waals surface area (Å²) in [5.41, 5.74) is -4.85. The predicted octanol–water partition coefficient (Wildman–Crippen LogP) is 5.76. The molecule has 0 aromatic heterocycles. The van der Waals surface area contributed by atoms with Crippen LogP contribution < -0.4 is 4.72 Å². The van der Waals surface area contributed by atoms with E-state index in [4.69, 9.17) is 28.0 Å². The largest absolute Gasteiger partial charge is 0.516 e. The van der Waals surface area contributed by atoms with E-state index in [1.165, 1.54) is 23.8 Å². The van der Waals surface area contributed by atoms with Gasteiger partial charge in [-0.25, -0.2) is 0 Å². The molecule has 2 aromatic rings. The first-order valence-corrected chi connectivity index (χ1v) is 9.99. The third-order valence-corrected chi connectivity index (χ3v) is 5.19. The zero-order chi connectivity index (χ0) is 21.1. The van der Waals surface area contributed by atoms with Crippen LogP contribution in [0, 0.1) is 0 Å². The number of hydrogen-bond acceptors (Lipinski definition) is 4. The van der Waals surface area contributed by atoms with Crippen LogP contribution in [0.3, 0.4) is 0 Å². The Morgan fingerprint density at radius 2 is 1.68 bits per heavy atom. The van der Waals surface area contributed by atoms with Crippen molar-refractivity contribution in [2.45, 2.75) is 25.5 Å². The third kappa shape index (κ3) is 5.52. The Kier molecular flexibility index (Phi) is 6.84. The highest BCUT2D eigenvalue weighted by molar-refractivity contribution is 7.93. The minimum absolute atomic E-state index is 0.0450. The lowest BCUT2D eigenvalue weighted by Gasteiger charge is -2.15. The quantitative estimate of drug-likeness (QED) is 0.445. The lowest BCUT2D eigenvalue weighted by atomic mass is 10.1. The molecule has 0 aliphatic carbocycles. The van der Waals surface area contributed by atoms with Crippen molar-refractivity contribution in [2.24, 2.45) is 5.16 Å². The Labute approximate surface area is 170 Å². The van der Waals surface area contributed by atoms with Gasteiger partial charge in [-0.3, -0.25) is 4.72 Å². The highest BCUT2D eigenvalue weighted by Gasteiger charge is 2.46. The van der Waals surface area contributed by atoms with E-state index < -0.39 is 21.6 Å². The predicted molar refractivity (Wildman–Crippen MR) is 103 cm³/mol. The van der Waals surface area contributed by atoms with Crippen LogP contribution in [0.25, 0.3) is 0 Å². The number of sulfonamides is 1. The van der Waals surface area contributed by atoms with E-state index in [1.54, 1.807) is 31.2 Å². The monoisotopic (exact) mass is 454 g/mol. The van der Waals surface area contributed by atoms with Crippen LogP contribution in [0.2, 0.25) is 10.0 Å². The summed E-state index contributed by atoms with van der Waals surface area (Å²) in [6, 6.07) is 10.5. The molecule has 1 unspecified atom stereocenters. The standard InChI is InChI=1S/C17H15Cl2F3N2O3S/c1-10(23-27-11(2)12-3-5-13(18)6-4-12)15-9-14(19)7-8-16(15)24-28(25,26)17(20,21)22/h3-9,11,24H,1-2H3. The van der Waals surface area contributed by atoms with Crippen molar-refractivity contribution in [1.29, 1.82) is 0 Å². The number of oxime groups is 1. The fourth-order valence-corrected chi connectivity index (χ4v) is 2.99. The maximum Gasteiger partial charge on any atom is 0.516 e. The average molecular weight is 455 g/mol. The van der Waals surface area contributed by atoms with E-state index in [9.17, 15) is 21.6 Å². The molecule has 2 aromatic carbocycles. The van der Waals surface area contributed by atoms with Gasteiger partial charge in [0, 0.05) is 15.6 Å². The van der Waals surface area contributed by atoms with E-state index >= 15 is 0 Å². The summed E-state index contributed by atoms with van der Waals surface area (Å²) in [6.45, 7) is 3.16. The molecule has 0 bridgehead atoms. The van der Waals surface area contributed by atoms with Crippen molar-refractivity contribution in [3.05, 3.63) is 63.6 Å². The molecule has 0 amide bonds. The zero-order valence-electron chi connectivity index (χ0n) is 14.6. The summed E-state index contributed by atoms with van der Waals surface area (Å²) in [7, 11) is -5.60. The number of alkyl halides is 3. The van der Waals surface area contributed by atoms with Gasteiger partial charge in [-0.2, -0.15) is 21.6 Å². The summed E-state index contributed by atoms with van der Waals surface area (Å²) in [4.78, 5) is 5.38. The first-order valence-electron chi connectivity index (χ1n) is 7.75. The van der Waals surface area contributed by atoms with Crippen LogP contribution in [-0.2, 0) is 14.9 Å². The van der Waals surface area contributed by atoms with Crippen molar-refractivity contribution < 1.29 is 26.4 Å². The molecule has 0 radical (unpaired) electrons. The van der Waals surface area contributed by atoms with Gasteiger partial charge in [0.05, 0.1) is 11.4 Å².